The van der Waals surface area contributed by atoms with Gasteiger partial charge in [0.2, 0.25) is 0 Å². The Hall–Kier alpha value is -4.26. The first-order valence-corrected chi connectivity index (χ1v) is 11.2. The van der Waals surface area contributed by atoms with E-state index in [0.29, 0.717) is 40.7 Å². The summed E-state index contributed by atoms with van der Waals surface area (Å²) in [5.74, 6) is -0.152. The fraction of sp³-hybridized carbons (Fsp3) is 0.214. The number of methoxy groups -OCH3 is 2. The number of amides is 1. The molecule has 0 spiro atoms. The van der Waals surface area contributed by atoms with Gasteiger partial charge in [0.1, 0.15) is 23.0 Å². The first kappa shape index (κ1) is 23.9. The van der Waals surface area contributed by atoms with Crippen LogP contribution in [0, 0.1) is 6.92 Å². The molecule has 0 aromatic heterocycles. The number of carbonyl (C=O) groups is 2. The Morgan fingerprint density at radius 1 is 0.914 bits per heavy atom. The fourth-order valence-electron chi connectivity index (χ4n) is 4.17. The largest absolute Gasteiger partial charge is 0.507 e. The predicted molar refractivity (Wildman–Crippen MR) is 133 cm³/mol. The van der Waals surface area contributed by atoms with Gasteiger partial charge in [0.25, 0.3) is 11.7 Å². The number of Topliss-reactive ketones (excluding diaryl/α,β-unsaturated/α-hetero) is 1. The van der Waals surface area contributed by atoms with Crippen molar-refractivity contribution in [3.8, 4) is 17.2 Å². The molecule has 7 nitrogen and oxygen atoms in total. The Labute approximate surface area is 204 Å². The molecule has 1 unspecified atom stereocenters. The number of nitrogens with zero attached hydrogens (tertiary/aromatic N) is 1. The molecule has 0 bridgehead atoms. The lowest BCUT2D eigenvalue weighted by atomic mass is 9.94. The van der Waals surface area contributed by atoms with Crippen LogP contribution in [0.15, 0.2) is 72.3 Å². The van der Waals surface area contributed by atoms with Crippen LogP contribution in [0.2, 0.25) is 0 Å². The Bertz CT molecular complexity index is 1280. The van der Waals surface area contributed by atoms with Gasteiger partial charge in [-0.05, 0) is 50.2 Å². The monoisotopic (exact) mass is 473 g/mol. The third-order valence-corrected chi connectivity index (χ3v) is 5.93. The molecule has 35 heavy (non-hydrogen) atoms. The van der Waals surface area contributed by atoms with Crippen molar-refractivity contribution in [2.45, 2.75) is 19.9 Å². The molecule has 0 radical (unpaired) electrons. The standard InChI is InChI=1S/C28H27NO6/c1-5-35-20-12-10-19(11-13-20)29-25(22-15-14-21(33-3)16-23(22)34-4)24(27(31)28(29)32)26(30)18-8-6-17(2)7-9-18/h6-16,25,30H,5H2,1-4H3. The predicted octanol–water partition coefficient (Wildman–Crippen LogP) is 5.04. The molecule has 7 heteroatoms. The molecule has 0 saturated carbocycles. The van der Waals surface area contributed by atoms with Crippen LogP contribution in [0.5, 0.6) is 17.2 Å². The van der Waals surface area contributed by atoms with E-state index in [1.54, 1.807) is 54.6 Å². The van der Waals surface area contributed by atoms with Crippen molar-refractivity contribution in [3.63, 3.8) is 0 Å². The number of benzene rings is 3. The highest BCUT2D eigenvalue weighted by atomic mass is 16.5. The zero-order chi connectivity index (χ0) is 25.1. The van der Waals surface area contributed by atoms with E-state index in [4.69, 9.17) is 14.2 Å². The van der Waals surface area contributed by atoms with Gasteiger partial charge in [-0.15, -0.1) is 0 Å². The van der Waals surface area contributed by atoms with Crippen LogP contribution in [0.1, 0.15) is 29.7 Å². The Balaban J connectivity index is 1.94. The van der Waals surface area contributed by atoms with Crippen molar-refractivity contribution in [3.05, 3.63) is 89.0 Å². The van der Waals surface area contributed by atoms with Crippen LogP contribution in [-0.4, -0.2) is 37.6 Å². The van der Waals surface area contributed by atoms with Crippen LogP contribution < -0.4 is 19.1 Å². The minimum Gasteiger partial charge on any atom is -0.507 e. The molecule has 180 valence electrons. The second-order valence-corrected chi connectivity index (χ2v) is 8.07. The number of hydrogen-bond acceptors (Lipinski definition) is 6. The van der Waals surface area contributed by atoms with Crippen molar-refractivity contribution in [2.75, 3.05) is 25.7 Å². The SMILES string of the molecule is CCOc1ccc(N2C(=O)C(=O)C(=C(O)c3ccc(C)cc3)C2c2ccc(OC)cc2OC)cc1. The lowest BCUT2D eigenvalue weighted by Gasteiger charge is -2.27. The van der Waals surface area contributed by atoms with E-state index >= 15 is 0 Å². The topological polar surface area (TPSA) is 85.3 Å². The zero-order valence-electron chi connectivity index (χ0n) is 20.1. The van der Waals surface area contributed by atoms with Crippen molar-refractivity contribution in [2.24, 2.45) is 0 Å². The normalized spacial score (nSPS) is 16.9. The van der Waals surface area contributed by atoms with Gasteiger partial charge in [0.05, 0.1) is 32.4 Å². The number of anilines is 1. The minimum atomic E-state index is -0.921. The third-order valence-electron chi connectivity index (χ3n) is 5.93. The van der Waals surface area contributed by atoms with Gasteiger partial charge in [-0.1, -0.05) is 29.8 Å². The molecule has 3 aromatic rings. The van der Waals surface area contributed by atoms with E-state index in [-0.39, 0.29) is 11.3 Å². The molecule has 0 aliphatic carbocycles. The van der Waals surface area contributed by atoms with Crippen molar-refractivity contribution in [1.29, 1.82) is 0 Å². The Kier molecular flexibility index (Phi) is 6.78. The van der Waals surface area contributed by atoms with E-state index in [9.17, 15) is 14.7 Å². The summed E-state index contributed by atoms with van der Waals surface area (Å²) in [6.07, 6.45) is 0. The molecule has 1 aliphatic heterocycles. The summed E-state index contributed by atoms with van der Waals surface area (Å²) in [4.78, 5) is 28.1. The van der Waals surface area contributed by atoms with E-state index < -0.39 is 17.7 Å². The lowest BCUT2D eigenvalue weighted by Crippen LogP contribution is -2.29. The molecule has 1 N–H and O–H groups in total. The Morgan fingerprint density at radius 2 is 1.57 bits per heavy atom. The lowest BCUT2D eigenvalue weighted by molar-refractivity contribution is -0.132. The van der Waals surface area contributed by atoms with Crippen molar-refractivity contribution < 1.29 is 28.9 Å². The number of hydrogen-bond donors (Lipinski definition) is 1. The molecular formula is C28H27NO6. The van der Waals surface area contributed by atoms with Gasteiger partial charge in [0, 0.05) is 22.9 Å². The van der Waals surface area contributed by atoms with Gasteiger partial charge < -0.3 is 19.3 Å². The summed E-state index contributed by atoms with van der Waals surface area (Å²) in [7, 11) is 3.04. The van der Waals surface area contributed by atoms with E-state index in [1.165, 1.54) is 19.1 Å². The van der Waals surface area contributed by atoms with Gasteiger partial charge in [-0.3, -0.25) is 14.5 Å². The molecule has 1 heterocycles. The highest BCUT2D eigenvalue weighted by Crippen LogP contribution is 2.45. The van der Waals surface area contributed by atoms with Crippen LogP contribution in [0.4, 0.5) is 5.69 Å². The molecule has 1 fully saturated rings. The number of ketones is 1. The first-order chi connectivity index (χ1) is 16.9. The van der Waals surface area contributed by atoms with E-state index in [0.717, 1.165) is 5.56 Å². The van der Waals surface area contributed by atoms with Gasteiger partial charge in [0.15, 0.2) is 0 Å². The molecule has 4 rings (SSSR count). The maximum atomic E-state index is 13.4. The fourth-order valence-corrected chi connectivity index (χ4v) is 4.17. The summed E-state index contributed by atoms with van der Waals surface area (Å²) in [5, 5.41) is 11.3. The summed E-state index contributed by atoms with van der Waals surface area (Å²) in [6.45, 7) is 4.31. The average Bonchev–Trinajstić information content (AvgIpc) is 3.14. The van der Waals surface area contributed by atoms with E-state index in [1.807, 2.05) is 26.0 Å². The molecule has 3 aromatic carbocycles. The number of ether oxygens (including phenoxy) is 3. The minimum absolute atomic E-state index is 0.0174. The molecule has 1 atom stereocenters. The number of rotatable bonds is 7. The average molecular weight is 474 g/mol. The van der Waals surface area contributed by atoms with Gasteiger partial charge in [-0.2, -0.15) is 0 Å². The highest BCUT2D eigenvalue weighted by Gasteiger charge is 2.48. The second kappa shape index (κ2) is 9.93. The quantitative estimate of drug-likeness (QED) is 0.294. The maximum absolute atomic E-state index is 13.4. The number of aliphatic hydroxyl groups excluding tert-OH is 1. The smallest absolute Gasteiger partial charge is 0.300 e. The third kappa shape index (κ3) is 4.45. The van der Waals surface area contributed by atoms with E-state index in [2.05, 4.69) is 0 Å². The van der Waals surface area contributed by atoms with Gasteiger partial charge >= 0.3 is 0 Å². The molecule has 1 aliphatic rings. The highest BCUT2D eigenvalue weighted by molar-refractivity contribution is 6.51. The van der Waals surface area contributed by atoms with Gasteiger partial charge in [-0.25, -0.2) is 0 Å². The number of aryl methyl sites for hydroxylation is 1. The van der Waals surface area contributed by atoms with Crippen molar-refractivity contribution in [1.82, 2.24) is 0 Å². The second-order valence-electron chi connectivity index (χ2n) is 8.07. The van der Waals surface area contributed by atoms with Crippen molar-refractivity contribution >= 4 is 23.1 Å². The summed E-state index contributed by atoms with van der Waals surface area (Å²) in [6, 6.07) is 18.2. The maximum Gasteiger partial charge on any atom is 0.300 e. The first-order valence-electron chi connectivity index (χ1n) is 11.2. The van der Waals surface area contributed by atoms with Crippen LogP contribution >= 0.6 is 0 Å². The Morgan fingerprint density at radius 3 is 2.17 bits per heavy atom. The molecule has 1 saturated heterocycles. The van der Waals surface area contributed by atoms with Crippen LogP contribution in [0.25, 0.3) is 5.76 Å². The molecule has 1 amide bonds. The number of aliphatic hydroxyl groups is 1. The number of carbonyl (C=O) groups excluding carboxylic acids is 2. The summed E-state index contributed by atoms with van der Waals surface area (Å²) < 4.78 is 16.4. The molecular weight excluding hydrogens is 446 g/mol. The summed E-state index contributed by atoms with van der Waals surface area (Å²) >= 11 is 0. The van der Waals surface area contributed by atoms with Crippen LogP contribution in [0.3, 0.4) is 0 Å². The van der Waals surface area contributed by atoms with Crippen LogP contribution in [-0.2, 0) is 9.59 Å². The summed E-state index contributed by atoms with van der Waals surface area (Å²) in [5.41, 5.74) is 2.45. The zero-order valence-corrected chi connectivity index (χ0v) is 20.1.